The Morgan fingerprint density at radius 1 is 1.62 bits per heavy atom. The monoisotopic (exact) mass is 110 g/mol. The molecule has 0 N–H and O–H groups in total. The van der Waals surface area contributed by atoms with Gasteiger partial charge in [0, 0.05) is 0 Å². The minimum atomic E-state index is 0.0185. The van der Waals surface area contributed by atoms with Crippen molar-refractivity contribution in [3.63, 3.8) is 0 Å². The molecule has 0 unspecified atom stereocenters. The highest BCUT2D eigenvalue weighted by Gasteiger charge is 1.69. The summed E-state index contributed by atoms with van der Waals surface area (Å²) in [5, 5.41) is 0. The van der Waals surface area contributed by atoms with Crippen molar-refractivity contribution in [3.05, 3.63) is 31.5 Å². The van der Waals surface area contributed by atoms with Crippen LogP contribution >= 0.6 is 0 Å². The van der Waals surface area contributed by atoms with Crippen LogP contribution in [0.1, 0.15) is 6.92 Å². The quantitative estimate of drug-likeness (QED) is 0.371. The average molecular weight is 110 g/mol. The Bertz CT molecular complexity index is 106. The highest BCUT2D eigenvalue weighted by atomic mass is 16.1. The van der Waals surface area contributed by atoms with Gasteiger partial charge in [0.05, 0.1) is 0 Å². The van der Waals surface area contributed by atoms with Crippen LogP contribution in [0.15, 0.2) is 31.5 Å². The molecule has 0 fully saturated rings. The van der Waals surface area contributed by atoms with E-state index in [1.54, 1.807) is 0 Å². The van der Waals surface area contributed by atoms with Crippen molar-refractivity contribution in [2.75, 3.05) is 0 Å². The van der Waals surface area contributed by atoms with Crippen LogP contribution in [0.4, 0.5) is 0 Å². The van der Waals surface area contributed by atoms with Gasteiger partial charge in [0.25, 0.3) is 0 Å². The molecule has 0 aliphatic heterocycles. The Morgan fingerprint density at radius 2 is 1.75 bits per heavy atom. The first-order valence-electron chi connectivity index (χ1n) is 2.11. The van der Waals surface area contributed by atoms with Crippen LogP contribution in [-0.4, -0.2) is 5.78 Å². The molecule has 0 heterocycles. The predicted molar refractivity (Wildman–Crippen MR) is 35.6 cm³/mol. The van der Waals surface area contributed by atoms with Gasteiger partial charge in [0.15, 0.2) is 5.78 Å². The maximum Gasteiger partial charge on any atom is 0.152 e. The first kappa shape index (κ1) is 10.0. The molecule has 0 aromatic carbocycles. The standard InChI is InChI=1S/C4H6O.C3H4/c1-3-4(2)5;1-3-2/h3H,1H2,2H3;1-2H2. The molecule has 0 aromatic rings. The number of hydrogen-bond donors (Lipinski definition) is 0. The lowest BCUT2D eigenvalue weighted by molar-refractivity contribution is -0.112. The number of carbonyl (C=O) groups excluding carboxylic acids is 1. The maximum absolute atomic E-state index is 9.69. The van der Waals surface area contributed by atoms with Crippen molar-refractivity contribution in [3.8, 4) is 0 Å². The topological polar surface area (TPSA) is 17.1 Å². The molecule has 0 amide bonds. The van der Waals surface area contributed by atoms with Gasteiger partial charge >= 0.3 is 0 Å². The van der Waals surface area contributed by atoms with Crippen molar-refractivity contribution in [2.45, 2.75) is 6.92 Å². The molecule has 0 aliphatic rings. The molecule has 0 aliphatic carbocycles. The number of ketones is 1. The van der Waals surface area contributed by atoms with Gasteiger partial charge in [-0.1, -0.05) is 19.7 Å². The molecule has 8 heavy (non-hydrogen) atoms. The number of allylic oxidation sites excluding steroid dienone is 1. The zero-order valence-corrected chi connectivity index (χ0v) is 5.11. The van der Waals surface area contributed by atoms with Crippen LogP contribution < -0.4 is 0 Å². The smallest absolute Gasteiger partial charge is 0.152 e. The van der Waals surface area contributed by atoms with Gasteiger partial charge in [-0.2, -0.15) is 0 Å². The van der Waals surface area contributed by atoms with Gasteiger partial charge in [-0.25, -0.2) is 0 Å². The number of carbonyl (C=O) groups is 1. The number of hydrogen-bond acceptors (Lipinski definition) is 1. The summed E-state index contributed by atoms with van der Waals surface area (Å²) in [6.45, 7) is 10.9. The molecule has 1 nitrogen and oxygen atoms in total. The summed E-state index contributed by atoms with van der Waals surface area (Å²) in [7, 11) is 0. The molecule has 0 saturated carbocycles. The fourth-order valence-electron chi connectivity index (χ4n) is 0. The Morgan fingerprint density at radius 3 is 1.75 bits per heavy atom. The van der Waals surface area contributed by atoms with Crippen molar-refractivity contribution >= 4 is 5.78 Å². The van der Waals surface area contributed by atoms with Gasteiger partial charge in [-0.15, -0.1) is 5.73 Å². The third-order valence-corrected chi connectivity index (χ3v) is 0.287. The van der Waals surface area contributed by atoms with E-state index in [0.717, 1.165) is 0 Å². The van der Waals surface area contributed by atoms with E-state index in [-0.39, 0.29) is 5.78 Å². The second-order valence-corrected chi connectivity index (χ2v) is 1.06. The van der Waals surface area contributed by atoms with Crippen LogP contribution in [0.25, 0.3) is 0 Å². The van der Waals surface area contributed by atoms with Gasteiger partial charge in [0.1, 0.15) is 0 Å². The summed E-state index contributed by atoms with van der Waals surface area (Å²) >= 11 is 0. The summed E-state index contributed by atoms with van der Waals surface area (Å²) < 4.78 is 0. The Hall–Kier alpha value is -1.07. The molecule has 0 aromatic heterocycles. The number of rotatable bonds is 1. The SMILES string of the molecule is C=C=C.C=CC(C)=O. The minimum Gasteiger partial charge on any atom is -0.295 e. The second kappa shape index (κ2) is 9.33. The summed E-state index contributed by atoms with van der Waals surface area (Å²) in [5.41, 5.74) is 2.25. The van der Waals surface area contributed by atoms with E-state index in [9.17, 15) is 4.79 Å². The van der Waals surface area contributed by atoms with Crippen molar-refractivity contribution in [2.24, 2.45) is 0 Å². The Balaban J connectivity index is 0. The molecule has 0 bridgehead atoms. The van der Waals surface area contributed by atoms with E-state index in [4.69, 9.17) is 0 Å². The van der Waals surface area contributed by atoms with Gasteiger partial charge in [-0.3, -0.25) is 4.79 Å². The van der Waals surface area contributed by atoms with E-state index in [1.165, 1.54) is 13.0 Å². The van der Waals surface area contributed by atoms with Gasteiger partial charge < -0.3 is 0 Å². The molecule has 44 valence electrons. The molecular formula is C7H10O. The van der Waals surface area contributed by atoms with Crippen molar-refractivity contribution < 1.29 is 4.79 Å². The van der Waals surface area contributed by atoms with E-state index in [2.05, 4.69) is 25.5 Å². The second-order valence-electron chi connectivity index (χ2n) is 1.06. The van der Waals surface area contributed by atoms with E-state index < -0.39 is 0 Å². The molecule has 0 spiro atoms. The predicted octanol–water partition coefficient (Wildman–Crippen LogP) is 1.72. The van der Waals surface area contributed by atoms with Gasteiger partial charge in [0.2, 0.25) is 0 Å². The summed E-state index contributed by atoms with van der Waals surface area (Å²) in [6.07, 6.45) is 1.28. The van der Waals surface area contributed by atoms with Crippen LogP contribution in [0.3, 0.4) is 0 Å². The average Bonchev–Trinajstić information content (AvgIpc) is 1.69. The van der Waals surface area contributed by atoms with Gasteiger partial charge in [-0.05, 0) is 13.0 Å². The molecule has 1 heteroatoms. The third kappa shape index (κ3) is 88.0. The summed E-state index contributed by atoms with van der Waals surface area (Å²) in [4.78, 5) is 9.69. The van der Waals surface area contributed by atoms with Crippen molar-refractivity contribution in [1.29, 1.82) is 0 Å². The lowest BCUT2D eigenvalue weighted by atomic mass is 10.5. The summed E-state index contributed by atoms with van der Waals surface area (Å²) in [5.74, 6) is 0.0185. The Labute approximate surface area is 50.0 Å². The molecule has 0 radical (unpaired) electrons. The fourth-order valence-corrected chi connectivity index (χ4v) is 0. The highest BCUT2D eigenvalue weighted by Crippen LogP contribution is 1.60. The van der Waals surface area contributed by atoms with E-state index in [0.29, 0.717) is 0 Å². The largest absolute Gasteiger partial charge is 0.295 e. The zero-order valence-electron chi connectivity index (χ0n) is 5.11. The summed E-state index contributed by atoms with van der Waals surface area (Å²) in [6, 6.07) is 0. The molecule has 0 rings (SSSR count). The lowest BCUT2D eigenvalue weighted by Crippen LogP contribution is -1.74. The Kier molecular flexibility index (Phi) is 11.7. The van der Waals surface area contributed by atoms with Crippen LogP contribution in [-0.2, 0) is 4.79 Å². The molecule has 0 atom stereocenters. The fraction of sp³-hybridized carbons (Fsp3) is 0.143. The van der Waals surface area contributed by atoms with E-state index >= 15 is 0 Å². The lowest BCUT2D eigenvalue weighted by Gasteiger charge is -1.62. The van der Waals surface area contributed by atoms with Crippen LogP contribution in [0.5, 0.6) is 0 Å². The third-order valence-electron chi connectivity index (χ3n) is 0.287. The van der Waals surface area contributed by atoms with E-state index in [1.807, 2.05) is 0 Å². The maximum atomic E-state index is 9.69. The van der Waals surface area contributed by atoms with Crippen molar-refractivity contribution in [1.82, 2.24) is 0 Å². The molecular weight excluding hydrogens is 100 g/mol. The van der Waals surface area contributed by atoms with Crippen LogP contribution in [0.2, 0.25) is 0 Å². The molecule has 0 saturated heterocycles. The highest BCUT2D eigenvalue weighted by molar-refractivity contribution is 5.86. The normalized spacial score (nSPS) is 5.12. The zero-order chi connectivity index (χ0) is 6.99. The minimum absolute atomic E-state index is 0.0185. The first-order valence-corrected chi connectivity index (χ1v) is 2.11. The van der Waals surface area contributed by atoms with Crippen LogP contribution in [0, 0.1) is 0 Å². The first-order chi connectivity index (χ1) is 3.68.